The Bertz CT molecular complexity index is 2110. The normalized spacial score (nSPS) is 12.6. The minimum Gasteiger partial charge on any atom is -0.453 e. The van der Waals surface area contributed by atoms with Gasteiger partial charge in [0, 0.05) is 22.4 Å². The minimum atomic E-state index is -0.122. The highest BCUT2D eigenvalue weighted by atomic mass is 16.3. The van der Waals surface area contributed by atoms with Gasteiger partial charge in [0.15, 0.2) is 5.58 Å². The number of para-hydroxylation sites is 4. The van der Waals surface area contributed by atoms with Crippen LogP contribution in [0.2, 0.25) is 0 Å². The Hall–Kier alpha value is -4.51. The number of benzene rings is 4. The first-order chi connectivity index (χ1) is 20.1. The third kappa shape index (κ3) is 4.02. The maximum atomic E-state index is 6.81. The molecule has 210 valence electrons. The second-order valence-electron chi connectivity index (χ2n) is 13.0. The van der Waals surface area contributed by atoms with E-state index < -0.39 is 0 Å². The molecule has 0 atom stereocenters. The van der Waals surface area contributed by atoms with Crippen molar-refractivity contribution in [3.05, 3.63) is 95.8 Å². The molecule has 5 heteroatoms. The monoisotopic (exact) mass is 552 g/mol. The summed E-state index contributed by atoms with van der Waals surface area (Å²) in [6, 6.07) is 25.6. The number of hydrogen-bond acceptors (Lipinski definition) is 4. The van der Waals surface area contributed by atoms with Crippen LogP contribution in [-0.4, -0.2) is 19.5 Å². The van der Waals surface area contributed by atoms with E-state index in [1.807, 2.05) is 12.3 Å². The zero-order chi connectivity index (χ0) is 29.3. The molecule has 0 radical (unpaired) electrons. The summed E-state index contributed by atoms with van der Waals surface area (Å²) in [5.74, 6) is 1.56. The van der Waals surface area contributed by atoms with Crippen LogP contribution in [0.1, 0.15) is 77.1 Å². The molecule has 3 aromatic heterocycles. The molecule has 0 fully saturated rings. The van der Waals surface area contributed by atoms with Crippen molar-refractivity contribution in [2.45, 2.75) is 65.7 Å². The van der Waals surface area contributed by atoms with Gasteiger partial charge in [0.05, 0.1) is 33.5 Å². The van der Waals surface area contributed by atoms with E-state index in [0.717, 1.165) is 61.1 Å². The average molecular weight is 553 g/mol. The van der Waals surface area contributed by atoms with Crippen molar-refractivity contribution in [2.75, 3.05) is 0 Å². The number of furan rings is 1. The topological polar surface area (TPSA) is 56.7 Å². The van der Waals surface area contributed by atoms with Crippen LogP contribution in [0.15, 0.2) is 83.4 Å². The molecular formula is C37H36N4O. The number of fused-ring (bicyclic) bond motifs is 6. The van der Waals surface area contributed by atoms with E-state index in [9.17, 15) is 0 Å². The summed E-state index contributed by atoms with van der Waals surface area (Å²) >= 11 is 0. The van der Waals surface area contributed by atoms with E-state index in [0.29, 0.717) is 11.8 Å². The van der Waals surface area contributed by atoms with Gasteiger partial charge in [0.1, 0.15) is 16.9 Å². The van der Waals surface area contributed by atoms with Gasteiger partial charge in [0.2, 0.25) is 0 Å². The van der Waals surface area contributed by atoms with Crippen LogP contribution in [0.3, 0.4) is 0 Å². The summed E-state index contributed by atoms with van der Waals surface area (Å²) < 4.78 is 9.16. The lowest BCUT2D eigenvalue weighted by atomic mass is 9.92. The van der Waals surface area contributed by atoms with Crippen molar-refractivity contribution in [1.29, 1.82) is 0 Å². The van der Waals surface area contributed by atoms with E-state index in [4.69, 9.17) is 19.4 Å². The summed E-state index contributed by atoms with van der Waals surface area (Å²) in [6.07, 6.45) is 1.88. The van der Waals surface area contributed by atoms with Crippen LogP contribution in [-0.2, 0) is 5.41 Å². The van der Waals surface area contributed by atoms with Crippen LogP contribution in [0, 0.1) is 0 Å². The highest BCUT2D eigenvalue weighted by Crippen LogP contribution is 2.42. The van der Waals surface area contributed by atoms with E-state index in [1.54, 1.807) is 0 Å². The Morgan fingerprint density at radius 2 is 1.38 bits per heavy atom. The first-order valence-electron chi connectivity index (χ1n) is 14.9. The van der Waals surface area contributed by atoms with Crippen LogP contribution in [0.25, 0.3) is 61.1 Å². The Kier molecular flexibility index (Phi) is 5.98. The van der Waals surface area contributed by atoms with Crippen molar-refractivity contribution in [3.63, 3.8) is 0 Å². The van der Waals surface area contributed by atoms with Gasteiger partial charge in [-0.15, -0.1) is 0 Å². The quantitative estimate of drug-likeness (QED) is 0.218. The molecule has 0 aliphatic heterocycles. The van der Waals surface area contributed by atoms with Crippen LogP contribution >= 0.6 is 0 Å². The van der Waals surface area contributed by atoms with Gasteiger partial charge in [0.25, 0.3) is 0 Å². The lowest BCUT2D eigenvalue weighted by Crippen LogP contribution is -2.13. The van der Waals surface area contributed by atoms with Crippen molar-refractivity contribution < 1.29 is 4.42 Å². The molecule has 0 bridgehead atoms. The largest absolute Gasteiger partial charge is 0.453 e. The third-order valence-electron chi connectivity index (χ3n) is 8.31. The number of rotatable bonds is 4. The van der Waals surface area contributed by atoms with Gasteiger partial charge in [-0.2, -0.15) is 0 Å². The first-order valence-corrected chi connectivity index (χ1v) is 14.9. The summed E-state index contributed by atoms with van der Waals surface area (Å²) in [6.45, 7) is 15.5. The smallest absolute Gasteiger partial charge is 0.163 e. The van der Waals surface area contributed by atoms with Crippen LogP contribution in [0.5, 0.6) is 0 Å². The summed E-state index contributed by atoms with van der Waals surface area (Å²) in [5, 5.41) is 2.08. The zero-order valence-corrected chi connectivity index (χ0v) is 25.4. The Balaban J connectivity index is 1.59. The average Bonchev–Trinajstić information content (AvgIpc) is 3.54. The molecular weight excluding hydrogens is 516 g/mol. The molecule has 7 rings (SSSR count). The highest BCUT2D eigenvalue weighted by molar-refractivity contribution is 6.15. The zero-order valence-electron chi connectivity index (χ0n) is 25.4. The molecule has 42 heavy (non-hydrogen) atoms. The van der Waals surface area contributed by atoms with Gasteiger partial charge >= 0.3 is 0 Å². The Morgan fingerprint density at radius 3 is 2.10 bits per heavy atom. The summed E-state index contributed by atoms with van der Waals surface area (Å²) in [7, 11) is 0. The van der Waals surface area contributed by atoms with Crippen molar-refractivity contribution in [3.8, 4) is 17.1 Å². The van der Waals surface area contributed by atoms with Crippen molar-refractivity contribution in [1.82, 2.24) is 19.5 Å². The number of hydrogen-bond donors (Lipinski definition) is 0. The van der Waals surface area contributed by atoms with Crippen molar-refractivity contribution in [2.24, 2.45) is 0 Å². The molecule has 0 aliphatic carbocycles. The molecule has 0 N–H and O–H groups in total. The van der Waals surface area contributed by atoms with Crippen LogP contribution in [0.4, 0.5) is 0 Å². The van der Waals surface area contributed by atoms with E-state index in [2.05, 4.69) is 120 Å². The second kappa shape index (κ2) is 9.52. The molecule has 0 saturated heterocycles. The fourth-order valence-corrected chi connectivity index (χ4v) is 6.07. The second-order valence-corrected chi connectivity index (χ2v) is 13.0. The molecule has 0 spiro atoms. The first kappa shape index (κ1) is 26.4. The predicted molar refractivity (Wildman–Crippen MR) is 174 cm³/mol. The van der Waals surface area contributed by atoms with Gasteiger partial charge in [-0.05, 0) is 53.3 Å². The van der Waals surface area contributed by atoms with Gasteiger partial charge < -0.3 is 4.42 Å². The molecule has 0 amide bonds. The van der Waals surface area contributed by atoms with Crippen molar-refractivity contribution >= 4 is 44.0 Å². The Labute approximate surface area is 246 Å². The van der Waals surface area contributed by atoms with E-state index in [1.165, 1.54) is 16.8 Å². The molecule has 0 saturated carbocycles. The SMILES string of the molecule is CC(C)c1cccc(C(C)C)c1-n1c(-c2cccc3c2oc2c3ccc3ncc(C(C)(C)C)nc32)nc2ccccc21. The molecule has 4 aromatic carbocycles. The lowest BCUT2D eigenvalue weighted by molar-refractivity contribution is 0.568. The Morgan fingerprint density at radius 1 is 0.690 bits per heavy atom. The maximum Gasteiger partial charge on any atom is 0.163 e. The number of imidazole rings is 1. The lowest BCUT2D eigenvalue weighted by Gasteiger charge is -2.22. The summed E-state index contributed by atoms with van der Waals surface area (Å²) in [5.41, 5.74) is 10.8. The van der Waals surface area contributed by atoms with E-state index in [-0.39, 0.29) is 5.41 Å². The molecule has 0 aliphatic rings. The molecule has 5 nitrogen and oxygen atoms in total. The predicted octanol–water partition coefficient (Wildman–Crippen LogP) is 10.1. The molecule has 3 heterocycles. The van der Waals surface area contributed by atoms with Gasteiger partial charge in [-0.25, -0.2) is 9.97 Å². The third-order valence-corrected chi connectivity index (χ3v) is 8.31. The molecule has 7 aromatic rings. The fourth-order valence-electron chi connectivity index (χ4n) is 6.07. The van der Waals surface area contributed by atoms with Gasteiger partial charge in [-0.1, -0.05) is 90.9 Å². The van der Waals surface area contributed by atoms with Gasteiger partial charge in [-0.3, -0.25) is 9.55 Å². The maximum absolute atomic E-state index is 6.81. The number of nitrogens with zero attached hydrogens (tertiary/aromatic N) is 4. The van der Waals surface area contributed by atoms with E-state index >= 15 is 0 Å². The standard InChI is InChI=1S/C37H36N4O/c1-21(2)23-12-10-13-24(22(3)4)33(23)41-30-17-9-8-16-28(30)39-36(41)27-15-11-14-25-26-18-19-29-32(35(26)42-34(25)27)40-31(20-38-29)37(5,6)7/h8-22H,1-7H3. The fraction of sp³-hybridized carbons (Fsp3) is 0.270. The molecule has 0 unspecified atom stereocenters. The highest BCUT2D eigenvalue weighted by Gasteiger charge is 2.25. The minimum absolute atomic E-state index is 0.122. The number of aromatic nitrogens is 4. The summed E-state index contributed by atoms with van der Waals surface area (Å²) in [4.78, 5) is 15.1. The van der Waals surface area contributed by atoms with Crippen LogP contribution < -0.4 is 0 Å².